The van der Waals surface area contributed by atoms with E-state index in [1.807, 2.05) is 0 Å². The van der Waals surface area contributed by atoms with Gasteiger partial charge >= 0.3 is 0 Å². The van der Waals surface area contributed by atoms with Gasteiger partial charge in [0.1, 0.15) is 0 Å². The number of aromatic nitrogens is 1. The summed E-state index contributed by atoms with van der Waals surface area (Å²) in [4.78, 5) is 7.43. The summed E-state index contributed by atoms with van der Waals surface area (Å²) in [5.74, 6) is 1.70. The summed E-state index contributed by atoms with van der Waals surface area (Å²) in [5, 5.41) is 0.266. The zero-order valence-corrected chi connectivity index (χ0v) is 20.0. The Bertz CT molecular complexity index is 682. The van der Waals surface area contributed by atoms with Crippen LogP contribution in [0, 0.1) is 18.8 Å². The second-order valence-corrected chi connectivity index (χ2v) is 15.6. The first-order chi connectivity index (χ1) is 12.4. The number of nitrogens with zero attached hydrogens (tertiary/aromatic N) is 2. The first-order valence-electron chi connectivity index (χ1n) is 10.8. The molecule has 4 heteroatoms. The van der Waals surface area contributed by atoms with E-state index in [0.29, 0.717) is 23.9 Å². The summed E-state index contributed by atoms with van der Waals surface area (Å²) in [6, 6.07) is 0. The number of anilines is 1. The number of fused-ring (bicyclic) bond motifs is 1. The van der Waals surface area contributed by atoms with Gasteiger partial charge < -0.3 is 9.33 Å². The molecule has 2 heterocycles. The van der Waals surface area contributed by atoms with Gasteiger partial charge in [-0.05, 0) is 66.8 Å². The lowest BCUT2D eigenvalue weighted by atomic mass is 9.87. The van der Waals surface area contributed by atoms with Gasteiger partial charge in [-0.15, -0.1) is 0 Å². The van der Waals surface area contributed by atoms with E-state index < -0.39 is 8.32 Å². The van der Waals surface area contributed by atoms with Gasteiger partial charge in [0.15, 0.2) is 8.32 Å². The average Bonchev–Trinajstić information content (AvgIpc) is 2.90. The standard InChI is InChI=1S/C23H40N2OSi/c1-15-10-11-19-20(15)24-12-16(2)21(19)25-13-17(3)22(18(4)14-25)26-27(8,9)23(5,6)7/h12,15,17-18,22H,10-11,13-14H2,1-9H3/t15-,17+,18?,22-/m1/s1. The number of hydrogen-bond acceptors (Lipinski definition) is 3. The number of pyridine rings is 1. The normalized spacial score (nSPS) is 29.1. The zero-order valence-electron chi connectivity index (χ0n) is 19.0. The third-order valence-electron chi connectivity index (χ3n) is 7.35. The highest BCUT2D eigenvalue weighted by molar-refractivity contribution is 6.74. The molecule has 4 atom stereocenters. The van der Waals surface area contributed by atoms with E-state index in [9.17, 15) is 0 Å². The molecular weight excluding hydrogens is 348 g/mol. The third-order valence-corrected chi connectivity index (χ3v) is 11.8. The van der Waals surface area contributed by atoms with Crippen molar-refractivity contribution in [1.29, 1.82) is 0 Å². The SMILES string of the molecule is Cc1cnc2c(c1N1CC(C)[C@H](O[Si](C)(C)C(C)(C)C)[C@@H](C)C1)CC[C@H]2C. The van der Waals surface area contributed by atoms with E-state index in [1.54, 1.807) is 0 Å². The maximum Gasteiger partial charge on any atom is 0.192 e. The third kappa shape index (κ3) is 3.84. The molecule has 0 spiro atoms. The second-order valence-electron chi connectivity index (χ2n) is 10.8. The summed E-state index contributed by atoms with van der Waals surface area (Å²) < 4.78 is 6.89. The van der Waals surface area contributed by atoms with Crippen LogP contribution in [0.1, 0.15) is 70.7 Å². The van der Waals surface area contributed by atoms with Gasteiger partial charge in [-0.3, -0.25) is 4.98 Å². The summed E-state index contributed by atoms with van der Waals surface area (Å²) in [6.45, 7) is 23.3. The van der Waals surface area contributed by atoms with Crippen molar-refractivity contribution in [2.24, 2.45) is 11.8 Å². The Labute approximate surface area is 168 Å². The Hall–Kier alpha value is -0.873. The lowest BCUT2D eigenvalue weighted by Gasteiger charge is -2.48. The zero-order chi connectivity index (χ0) is 20.1. The van der Waals surface area contributed by atoms with Crippen molar-refractivity contribution in [3.05, 3.63) is 23.0 Å². The van der Waals surface area contributed by atoms with Crippen molar-refractivity contribution in [3.8, 4) is 0 Å². The molecule has 1 saturated heterocycles. The number of piperidine rings is 1. The molecule has 2 aliphatic rings. The molecule has 1 fully saturated rings. The Morgan fingerprint density at radius 1 is 1.11 bits per heavy atom. The van der Waals surface area contributed by atoms with Crippen LogP contribution in [0.5, 0.6) is 0 Å². The molecule has 1 aliphatic carbocycles. The van der Waals surface area contributed by atoms with Gasteiger partial charge in [0.25, 0.3) is 0 Å². The fraction of sp³-hybridized carbons (Fsp3) is 0.783. The van der Waals surface area contributed by atoms with Crippen LogP contribution >= 0.6 is 0 Å². The van der Waals surface area contributed by atoms with Gasteiger partial charge in [0, 0.05) is 30.7 Å². The van der Waals surface area contributed by atoms with Crippen LogP contribution in [0.4, 0.5) is 5.69 Å². The Morgan fingerprint density at radius 2 is 1.70 bits per heavy atom. The van der Waals surface area contributed by atoms with E-state index in [0.717, 1.165) is 13.1 Å². The molecule has 0 bridgehead atoms. The van der Waals surface area contributed by atoms with Gasteiger partial charge in [0.05, 0.1) is 6.10 Å². The highest BCUT2D eigenvalue weighted by atomic mass is 28.4. The second kappa shape index (κ2) is 7.18. The van der Waals surface area contributed by atoms with Gasteiger partial charge in [-0.2, -0.15) is 0 Å². The monoisotopic (exact) mass is 388 g/mol. The molecule has 0 N–H and O–H groups in total. The molecular formula is C23H40N2OSi. The van der Waals surface area contributed by atoms with Crippen molar-refractivity contribution in [3.63, 3.8) is 0 Å². The molecule has 1 aromatic heterocycles. The molecule has 0 radical (unpaired) electrons. The van der Waals surface area contributed by atoms with Crippen molar-refractivity contribution < 1.29 is 4.43 Å². The maximum absolute atomic E-state index is 6.89. The topological polar surface area (TPSA) is 25.4 Å². The van der Waals surface area contributed by atoms with Crippen LogP contribution in [0.25, 0.3) is 0 Å². The largest absolute Gasteiger partial charge is 0.413 e. The predicted octanol–water partition coefficient (Wildman–Crippen LogP) is 5.92. The van der Waals surface area contributed by atoms with Crippen molar-refractivity contribution in [2.75, 3.05) is 18.0 Å². The van der Waals surface area contributed by atoms with Crippen LogP contribution in [0.15, 0.2) is 6.20 Å². The van der Waals surface area contributed by atoms with Crippen LogP contribution in [0.2, 0.25) is 18.1 Å². The fourth-order valence-electron chi connectivity index (χ4n) is 4.74. The van der Waals surface area contributed by atoms with Crippen molar-refractivity contribution in [1.82, 2.24) is 4.98 Å². The molecule has 27 heavy (non-hydrogen) atoms. The maximum atomic E-state index is 6.89. The highest BCUT2D eigenvalue weighted by Gasteiger charge is 2.43. The highest BCUT2D eigenvalue weighted by Crippen LogP contribution is 2.43. The van der Waals surface area contributed by atoms with Crippen LogP contribution in [-0.2, 0) is 10.8 Å². The minimum atomic E-state index is -1.74. The lowest BCUT2D eigenvalue weighted by molar-refractivity contribution is 0.0627. The summed E-state index contributed by atoms with van der Waals surface area (Å²) in [7, 11) is -1.74. The molecule has 3 rings (SSSR count). The molecule has 152 valence electrons. The number of hydrogen-bond donors (Lipinski definition) is 0. The average molecular weight is 389 g/mol. The summed E-state index contributed by atoms with van der Waals surface area (Å²) in [5.41, 5.74) is 5.68. The molecule has 0 saturated carbocycles. The molecule has 1 unspecified atom stereocenters. The predicted molar refractivity (Wildman–Crippen MR) is 118 cm³/mol. The van der Waals surface area contributed by atoms with Gasteiger partial charge in [0.2, 0.25) is 0 Å². The van der Waals surface area contributed by atoms with E-state index in [2.05, 4.69) is 72.7 Å². The molecule has 1 aliphatic heterocycles. The van der Waals surface area contributed by atoms with Crippen molar-refractivity contribution in [2.45, 2.75) is 91.5 Å². The minimum absolute atomic E-state index is 0.266. The van der Waals surface area contributed by atoms with Crippen LogP contribution in [-0.4, -0.2) is 32.5 Å². The first kappa shape index (κ1) is 20.9. The van der Waals surface area contributed by atoms with Crippen molar-refractivity contribution >= 4 is 14.0 Å². The Morgan fingerprint density at radius 3 is 2.26 bits per heavy atom. The van der Waals surface area contributed by atoms with Crippen LogP contribution in [0.3, 0.4) is 0 Å². The van der Waals surface area contributed by atoms with E-state index in [4.69, 9.17) is 9.41 Å². The summed E-state index contributed by atoms with van der Waals surface area (Å²) >= 11 is 0. The van der Waals surface area contributed by atoms with E-state index in [1.165, 1.54) is 35.3 Å². The van der Waals surface area contributed by atoms with E-state index in [-0.39, 0.29) is 5.04 Å². The molecule has 3 nitrogen and oxygen atoms in total. The quantitative estimate of drug-likeness (QED) is 0.601. The fourth-order valence-corrected chi connectivity index (χ4v) is 6.24. The minimum Gasteiger partial charge on any atom is -0.413 e. The molecule has 0 amide bonds. The number of rotatable bonds is 3. The van der Waals surface area contributed by atoms with E-state index >= 15 is 0 Å². The first-order valence-corrected chi connectivity index (χ1v) is 13.7. The van der Waals surface area contributed by atoms with Crippen LogP contribution < -0.4 is 4.90 Å². The Balaban J connectivity index is 1.83. The molecule has 1 aromatic rings. The molecule has 0 aromatic carbocycles. The van der Waals surface area contributed by atoms with Gasteiger partial charge in [-0.1, -0.05) is 41.5 Å². The Kier molecular flexibility index (Phi) is 5.55. The smallest absolute Gasteiger partial charge is 0.192 e. The van der Waals surface area contributed by atoms with Gasteiger partial charge in [-0.25, -0.2) is 0 Å². The summed E-state index contributed by atoms with van der Waals surface area (Å²) in [6.07, 6.45) is 4.90. The number of aryl methyl sites for hydroxylation is 1. The lowest BCUT2D eigenvalue weighted by Crippen LogP contribution is -2.54.